The van der Waals surface area contributed by atoms with Gasteiger partial charge in [-0.3, -0.25) is 4.98 Å². The Hall–Kier alpha value is -1.29. The molecule has 0 aliphatic carbocycles. The Kier molecular flexibility index (Phi) is 4.42. The summed E-state index contributed by atoms with van der Waals surface area (Å²) in [6.45, 7) is 1.31. The molecular weight excluding hydrogens is 271 g/mol. The van der Waals surface area contributed by atoms with Gasteiger partial charge >= 0.3 is 0 Å². The van der Waals surface area contributed by atoms with Gasteiger partial charge in [0.25, 0.3) is 0 Å². The largest absolute Gasteiger partial charge is 0.871 e. The molecule has 1 aromatic heterocycles. The molecular formula is C13H12Cl2N2O. The topological polar surface area (TPSA) is 52.6 Å². The zero-order chi connectivity index (χ0) is 13.0. The highest BCUT2D eigenvalue weighted by Crippen LogP contribution is 2.28. The molecule has 0 spiro atoms. The zero-order valence-electron chi connectivity index (χ0n) is 9.57. The maximum atomic E-state index is 11.7. The first-order chi connectivity index (χ1) is 8.66. The van der Waals surface area contributed by atoms with E-state index in [2.05, 4.69) is 4.98 Å². The Labute approximate surface area is 115 Å². The summed E-state index contributed by atoms with van der Waals surface area (Å²) < 4.78 is 0. The van der Waals surface area contributed by atoms with Crippen molar-refractivity contribution in [3.05, 3.63) is 57.8 Å². The van der Waals surface area contributed by atoms with Gasteiger partial charge < -0.3 is 10.4 Å². The molecule has 18 heavy (non-hydrogen) atoms. The van der Waals surface area contributed by atoms with Crippen molar-refractivity contribution in [2.24, 2.45) is 0 Å². The van der Waals surface area contributed by atoms with Crippen molar-refractivity contribution < 1.29 is 10.4 Å². The van der Waals surface area contributed by atoms with E-state index in [0.29, 0.717) is 17.1 Å². The monoisotopic (exact) mass is 282 g/mol. The summed E-state index contributed by atoms with van der Waals surface area (Å²) in [7, 11) is 0. The highest BCUT2D eigenvalue weighted by Gasteiger charge is 2.03. The molecule has 0 aliphatic heterocycles. The summed E-state index contributed by atoms with van der Waals surface area (Å²) in [5.74, 6) is -0.150. The van der Waals surface area contributed by atoms with E-state index >= 15 is 0 Å². The average molecular weight is 283 g/mol. The molecule has 5 heteroatoms. The molecule has 0 saturated heterocycles. The van der Waals surface area contributed by atoms with Crippen LogP contribution in [0.2, 0.25) is 10.0 Å². The molecule has 3 nitrogen and oxygen atoms in total. The Bertz CT molecular complexity index is 532. The van der Waals surface area contributed by atoms with Gasteiger partial charge in [-0.25, -0.2) is 0 Å². The number of hydrogen-bond donors (Lipinski definition) is 1. The van der Waals surface area contributed by atoms with Crippen LogP contribution in [0.3, 0.4) is 0 Å². The van der Waals surface area contributed by atoms with Crippen molar-refractivity contribution in [1.29, 1.82) is 0 Å². The number of hydrogen-bond acceptors (Lipinski definition) is 2. The SMILES string of the molecule is [O-]c1c(Cl)cc(Cl)cc1C[NH2+]Cc1cccnc1. The fraction of sp³-hybridized carbons (Fsp3) is 0.154. The van der Waals surface area contributed by atoms with Gasteiger partial charge in [0.15, 0.2) is 0 Å². The first kappa shape index (κ1) is 13.1. The van der Waals surface area contributed by atoms with E-state index in [4.69, 9.17) is 23.2 Å². The lowest BCUT2D eigenvalue weighted by Gasteiger charge is -2.14. The van der Waals surface area contributed by atoms with Gasteiger partial charge in [-0.1, -0.05) is 35.0 Å². The predicted octanol–water partition coefficient (Wildman–Crippen LogP) is 1.73. The summed E-state index contributed by atoms with van der Waals surface area (Å²) in [6, 6.07) is 7.01. The number of quaternary nitrogens is 1. The van der Waals surface area contributed by atoms with Crippen LogP contribution in [0.4, 0.5) is 0 Å². The number of halogens is 2. The van der Waals surface area contributed by atoms with Gasteiger partial charge in [0.05, 0.1) is 0 Å². The molecule has 0 saturated carbocycles. The quantitative estimate of drug-likeness (QED) is 0.929. The maximum absolute atomic E-state index is 11.7. The van der Waals surface area contributed by atoms with E-state index in [-0.39, 0.29) is 10.8 Å². The fourth-order valence-corrected chi connectivity index (χ4v) is 2.21. The van der Waals surface area contributed by atoms with E-state index in [1.807, 2.05) is 17.4 Å². The Morgan fingerprint density at radius 3 is 2.78 bits per heavy atom. The highest BCUT2D eigenvalue weighted by atomic mass is 35.5. The first-order valence-corrected chi connectivity index (χ1v) is 6.28. The summed E-state index contributed by atoms with van der Waals surface area (Å²) >= 11 is 11.7. The third-order valence-corrected chi connectivity index (χ3v) is 3.05. The van der Waals surface area contributed by atoms with Gasteiger partial charge in [0, 0.05) is 33.6 Å². The fourth-order valence-electron chi connectivity index (χ4n) is 1.68. The normalized spacial score (nSPS) is 10.6. The summed E-state index contributed by atoms with van der Waals surface area (Å²) in [5, 5.41) is 14.4. The van der Waals surface area contributed by atoms with Crippen LogP contribution < -0.4 is 10.4 Å². The minimum Gasteiger partial charge on any atom is -0.871 e. The minimum absolute atomic E-state index is 0.150. The number of pyridine rings is 1. The Morgan fingerprint density at radius 2 is 2.06 bits per heavy atom. The predicted molar refractivity (Wildman–Crippen MR) is 69.5 cm³/mol. The maximum Gasteiger partial charge on any atom is 0.103 e. The summed E-state index contributed by atoms with van der Waals surface area (Å²) in [5.41, 5.74) is 1.73. The highest BCUT2D eigenvalue weighted by molar-refractivity contribution is 6.35. The van der Waals surface area contributed by atoms with Gasteiger partial charge in [0.1, 0.15) is 13.1 Å². The van der Waals surface area contributed by atoms with Crippen molar-refractivity contribution in [2.75, 3.05) is 0 Å². The molecule has 2 aromatic rings. The molecule has 0 radical (unpaired) electrons. The van der Waals surface area contributed by atoms with Crippen LogP contribution in [0.1, 0.15) is 11.1 Å². The molecule has 0 fully saturated rings. The molecule has 0 atom stereocenters. The number of nitrogens with two attached hydrogens (primary N) is 1. The molecule has 0 amide bonds. The second kappa shape index (κ2) is 6.05. The molecule has 0 aliphatic rings. The third-order valence-electron chi connectivity index (χ3n) is 2.55. The molecule has 0 unspecified atom stereocenters. The van der Waals surface area contributed by atoms with E-state index in [0.717, 1.165) is 12.1 Å². The van der Waals surface area contributed by atoms with E-state index in [9.17, 15) is 5.11 Å². The summed E-state index contributed by atoms with van der Waals surface area (Å²) in [6.07, 6.45) is 3.54. The zero-order valence-corrected chi connectivity index (χ0v) is 11.1. The lowest BCUT2D eigenvalue weighted by Crippen LogP contribution is -2.80. The first-order valence-electron chi connectivity index (χ1n) is 5.52. The molecule has 2 N–H and O–H groups in total. The Balaban J connectivity index is 1.99. The molecule has 1 heterocycles. The van der Waals surface area contributed by atoms with Gasteiger partial charge in [-0.15, -0.1) is 0 Å². The van der Waals surface area contributed by atoms with Gasteiger partial charge in [-0.2, -0.15) is 0 Å². The van der Waals surface area contributed by atoms with Crippen molar-refractivity contribution in [3.63, 3.8) is 0 Å². The second-order valence-corrected chi connectivity index (χ2v) is 4.78. The van der Waals surface area contributed by atoms with Crippen LogP contribution in [0, 0.1) is 0 Å². The number of rotatable bonds is 4. The van der Waals surface area contributed by atoms with Crippen LogP contribution in [0.5, 0.6) is 5.75 Å². The van der Waals surface area contributed by atoms with Crippen molar-refractivity contribution >= 4 is 23.2 Å². The van der Waals surface area contributed by atoms with Crippen molar-refractivity contribution in [1.82, 2.24) is 4.98 Å². The lowest BCUT2D eigenvalue weighted by atomic mass is 10.2. The van der Waals surface area contributed by atoms with E-state index in [1.165, 1.54) is 6.07 Å². The average Bonchev–Trinajstić information content (AvgIpc) is 2.36. The standard InChI is InChI=1S/C13H12Cl2N2O/c14-11-4-10(13(18)12(15)5-11)8-17-7-9-2-1-3-16-6-9/h1-6,17-18H,7-8H2. The Morgan fingerprint density at radius 1 is 1.22 bits per heavy atom. The number of nitrogens with zero attached hydrogens (tertiary/aromatic N) is 1. The summed E-state index contributed by atoms with van der Waals surface area (Å²) in [4.78, 5) is 4.03. The molecule has 94 valence electrons. The van der Waals surface area contributed by atoms with Crippen molar-refractivity contribution in [2.45, 2.75) is 13.1 Å². The molecule has 0 bridgehead atoms. The van der Waals surface area contributed by atoms with Gasteiger partial charge in [-0.05, 0) is 18.2 Å². The minimum atomic E-state index is -0.150. The number of aromatic nitrogens is 1. The van der Waals surface area contributed by atoms with E-state index < -0.39 is 0 Å². The van der Waals surface area contributed by atoms with Crippen LogP contribution in [0.25, 0.3) is 0 Å². The van der Waals surface area contributed by atoms with Gasteiger partial charge in [0.2, 0.25) is 0 Å². The third kappa shape index (κ3) is 3.35. The second-order valence-electron chi connectivity index (χ2n) is 3.93. The lowest BCUT2D eigenvalue weighted by molar-refractivity contribution is -0.686. The van der Waals surface area contributed by atoms with Crippen LogP contribution in [0.15, 0.2) is 36.7 Å². The van der Waals surface area contributed by atoms with Crippen LogP contribution in [-0.4, -0.2) is 4.98 Å². The smallest absolute Gasteiger partial charge is 0.103 e. The van der Waals surface area contributed by atoms with Crippen molar-refractivity contribution in [3.8, 4) is 5.75 Å². The van der Waals surface area contributed by atoms with Crippen LogP contribution in [-0.2, 0) is 13.1 Å². The molecule has 2 rings (SSSR count). The molecule has 1 aromatic carbocycles. The van der Waals surface area contributed by atoms with Crippen LogP contribution >= 0.6 is 23.2 Å². The number of benzene rings is 1. The van der Waals surface area contributed by atoms with E-state index in [1.54, 1.807) is 18.5 Å².